The normalized spacial score (nSPS) is 13.0. The minimum atomic E-state index is -0.913. The van der Waals surface area contributed by atoms with E-state index in [1.54, 1.807) is 18.2 Å². The fraction of sp³-hybridized carbons (Fsp3) is 0.250. The van der Waals surface area contributed by atoms with Gasteiger partial charge in [-0.2, -0.15) is 0 Å². The maximum absolute atomic E-state index is 14.9. The molecule has 0 aliphatic heterocycles. The zero-order chi connectivity index (χ0) is 54.6. The molecule has 6 heteroatoms. The number of benzene rings is 9. The maximum atomic E-state index is 14.9. The highest BCUT2D eigenvalue weighted by molar-refractivity contribution is 5.66. The van der Waals surface area contributed by atoms with Crippen molar-refractivity contribution in [3.8, 4) is 33.4 Å². The Hall–Kier alpha value is -7.44. The molecule has 3 unspecified atom stereocenters. The van der Waals surface area contributed by atoms with Crippen LogP contribution in [0.1, 0.15) is 121 Å². The second-order valence-electron chi connectivity index (χ2n) is 21.2. The third-order valence-corrected chi connectivity index (χ3v) is 15.9. The molecular formula is C72H68F6. The van der Waals surface area contributed by atoms with E-state index in [0.717, 1.165) is 114 Å². The predicted molar refractivity (Wildman–Crippen MR) is 309 cm³/mol. The molecule has 0 bridgehead atoms. The van der Waals surface area contributed by atoms with Crippen LogP contribution in [-0.2, 0) is 43.9 Å². The van der Waals surface area contributed by atoms with Crippen molar-refractivity contribution in [1.82, 2.24) is 0 Å². The van der Waals surface area contributed by atoms with Crippen LogP contribution in [0.5, 0.6) is 0 Å². The number of unbranched alkanes of at least 4 members (excludes halogenated alkanes) is 3. The Labute approximate surface area is 457 Å². The Morgan fingerprint density at radius 2 is 0.628 bits per heavy atom. The highest BCUT2D eigenvalue weighted by atomic mass is 19.2. The van der Waals surface area contributed by atoms with E-state index in [0.29, 0.717) is 36.0 Å². The Bertz CT molecular complexity index is 3360. The Balaban J connectivity index is 1.30. The fourth-order valence-corrected chi connectivity index (χ4v) is 11.6. The van der Waals surface area contributed by atoms with E-state index in [2.05, 4.69) is 130 Å². The van der Waals surface area contributed by atoms with Crippen molar-refractivity contribution < 1.29 is 26.3 Å². The van der Waals surface area contributed by atoms with E-state index in [4.69, 9.17) is 0 Å². The van der Waals surface area contributed by atoms with Crippen molar-refractivity contribution in [2.75, 3.05) is 0 Å². The van der Waals surface area contributed by atoms with Gasteiger partial charge in [-0.05, 0) is 183 Å². The summed E-state index contributed by atoms with van der Waals surface area (Å²) in [6.07, 6.45) is 11.2. The van der Waals surface area contributed by atoms with E-state index in [-0.39, 0.29) is 11.8 Å². The first-order valence-electron chi connectivity index (χ1n) is 27.8. The molecule has 3 atom stereocenters. The van der Waals surface area contributed by atoms with E-state index < -0.39 is 40.3 Å². The molecule has 0 amide bonds. The summed E-state index contributed by atoms with van der Waals surface area (Å²) < 4.78 is 86.9. The van der Waals surface area contributed by atoms with Gasteiger partial charge in [0.15, 0.2) is 34.9 Å². The molecule has 0 saturated carbocycles. The minimum absolute atomic E-state index is 0.216. The quantitative estimate of drug-likeness (QED) is 0.0442. The van der Waals surface area contributed by atoms with Gasteiger partial charge in [0.2, 0.25) is 0 Å². The van der Waals surface area contributed by atoms with Gasteiger partial charge in [0.25, 0.3) is 0 Å². The number of aryl methyl sites for hydroxylation is 3. The van der Waals surface area contributed by atoms with Gasteiger partial charge < -0.3 is 0 Å². The maximum Gasteiger partial charge on any atom is 0.159 e. The first kappa shape index (κ1) is 55.3. The second-order valence-corrected chi connectivity index (χ2v) is 21.2. The van der Waals surface area contributed by atoms with Crippen LogP contribution in [0.3, 0.4) is 0 Å². The van der Waals surface area contributed by atoms with Crippen LogP contribution in [0.4, 0.5) is 26.3 Å². The Morgan fingerprint density at radius 1 is 0.295 bits per heavy atom. The third-order valence-electron chi connectivity index (χ3n) is 15.9. The summed E-state index contributed by atoms with van der Waals surface area (Å²) in [5.41, 5.74) is 13.7. The lowest BCUT2D eigenvalue weighted by molar-refractivity contribution is 0.268. The molecule has 9 aromatic rings. The second kappa shape index (κ2) is 25.8. The van der Waals surface area contributed by atoms with E-state index in [1.807, 2.05) is 36.4 Å². The molecule has 0 nitrogen and oxygen atoms in total. The standard InChI is InChI=1S/C72H68F6/c1-4-7-9-12-51-13-15-54(16-14-51)48-72(63-38-33-57(34-39-63)62-37-42-68(75)71(78)47-62,64(58-29-17-49(10-6-3)18-30-58)43-52-21-25-55(26-22-52)60-35-40-66(73)69(76)45-60)65(59-31-19-50(20-32-59)11-8-5-2)44-53-23-27-56(28-24-53)61-36-41-67(74)70(77)46-61/h13-42,45-47,64-65H,4-12,43-44,48H2,1-3H3. The van der Waals surface area contributed by atoms with Gasteiger partial charge in [-0.1, -0.05) is 210 Å². The lowest BCUT2D eigenvalue weighted by Gasteiger charge is -2.49. The van der Waals surface area contributed by atoms with E-state index in [1.165, 1.54) is 46.5 Å². The van der Waals surface area contributed by atoms with Gasteiger partial charge in [0.1, 0.15) is 0 Å². The Morgan fingerprint density at radius 3 is 1.01 bits per heavy atom. The number of halogens is 6. The summed E-state index contributed by atoms with van der Waals surface area (Å²) in [5, 5.41) is 0. The van der Waals surface area contributed by atoms with E-state index >= 15 is 0 Å². The molecule has 398 valence electrons. The van der Waals surface area contributed by atoms with Gasteiger partial charge in [0, 0.05) is 5.41 Å². The van der Waals surface area contributed by atoms with Crippen LogP contribution < -0.4 is 0 Å². The smallest absolute Gasteiger partial charge is 0.159 e. The lowest BCUT2D eigenvalue weighted by atomic mass is 9.54. The van der Waals surface area contributed by atoms with Gasteiger partial charge in [-0.15, -0.1) is 0 Å². The summed E-state index contributed by atoms with van der Waals surface area (Å²) in [5.74, 6) is -5.84. The zero-order valence-electron chi connectivity index (χ0n) is 45.0. The lowest BCUT2D eigenvalue weighted by Crippen LogP contribution is -2.44. The molecule has 9 aromatic carbocycles. The SMILES string of the molecule is CCCCCc1ccc(CC(c2ccc(-c3ccc(F)c(F)c3)cc2)(C(Cc2ccc(-c3ccc(F)c(F)c3)cc2)c2ccc(CCC)cc2)C(Cc2ccc(-c3ccc(F)c(F)c3)cc2)c2ccc(CCCC)cc2)cc1. The molecule has 78 heavy (non-hydrogen) atoms. The molecule has 0 aliphatic carbocycles. The Kier molecular flexibility index (Phi) is 18.3. The van der Waals surface area contributed by atoms with Gasteiger partial charge in [-0.3, -0.25) is 0 Å². The van der Waals surface area contributed by atoms with Crippen LogP contribution in [0.25, 0.3) is 33.4 Å². The summed E-state index contributed by atoms with van der Waals surface area (Å²) in [4.78, 5) is 0. The molecule has 0 saturated heterocycles. The van der Waals surface area contributed by atoms with Crippen molar-refractivity contribution in [2.24, 2.45) is 0 Å². The zero-order valence-corrected chi connectivity index (χ0v) is 45.0. The van der Waals surface area contributed by atoms with Gasteiger partial charge >= 0.3 is 0 Å². The molecule has 0 spiro atoms. The molecule has 9 rings (SSSR count). The van der Waals surface area contributed by atoms with Gasteiger partial charge in [0.05, 0.1) is 0 Å². The molecule has 0 heterocycles. The molecular weight excluding hydrogens is 979 g/mol. The van der Waals surface area contributed by atoms with E-state index in [9.17, 15) is 26.3 Å². The summed E-state index contributed by atoms with van der Waals surface area (Å²) in [7, 11) is 0. The summed E-state index contributed by atoms with van der Waals surface area (Å²) in [6.45, 7) is 6.61. The van der Waals surface area contributed by atoms with Crippen molar-refractivity contribution in [3.05, 3.63) is 285 Å². The number of hydrogen-bond donors (Lipinski definition) is 0. The van der Waals surface area contributed by atoms with Gasteiger partial charge in [-0.25, -0.2) is 26.3 Å². The highest BCUT2D eigenvalue weighted by Crippen LogP contribution is 2.54. The first-order valence-corrected chi connectivity index (χ1v) is 27.8. The first-order chi connectivity index (χ1) is 37.9. The molecule has 0 N–H and O–H groups in total. The third kappa shape index (κ3) is 13.1. The largest absolute Gasteiger partial charge is 0.204 e. The molecule has 0 radical (unpaired) electrons. The number of rotatable bonds is 23. The minimum Gasteiger partial charge on any atom is -0.204 e. The summed E-state index contributed by atoms with van der Waals surface area (Å²) in [6, 6.07) is 64.3. The predicted octanol–water partition coefficient (Wildman–Crippen LogP) is 20.1. The van der Waals surface area contributed by atoms with Crippen molar-refractivity contribution in [3.63, 3.8) is 0 Å². The fourth-order valence-electron chi connectivity index (χ4n) is 11.6. The van der Waals surface area contributed by atoms with Crippen molar-refractivity contribution in [2.45, 2.75) is 115 Å². The van der Waals surface area contributed by atoms with Crippen molar-refractivity contribution in [1.29, 1.82) is 0 Å². The number of hydrogen-bond acceptors (Lipinski definition) is 0. The average molecular weight is 1050 g/mol. The van der Waals surface area contributed by atoms with Crippen LogP contribution in [-0.4, -0.2) is 0 Å². The van der Waals surface area contributed by atoms with Crippen molar-refractivity contribution >= 4 is 0 Å². The monoisotopic (exact) mass is 1050 g/mol. The molecule has 0 aliphatic rings. The van der Waals surface area contributed by atoms with Crippen LogP contribution >= 0.6 is 0 Å². The summed E-state index contributed by atoms with van der Waals surface area (Å²) >= 11 is 0. The van der Waals surface area contributed by atoms with Crippen LogP contribution in [0.15, 0.2) is 200 Å². The molecule has 0 aromatic heterocycles. The van der Waals surface area contributed by atoms with Crippen LogP contribution in [0.2, 0.25) is 0 Å². The molecule has 0 fully saturated rings. The average Bonchev–Trinajstić information content (AvgIpc) is 3.50. The topological polar surface area (TPSA) is 0 Å². The van der Waals surface area contributed by atoms with Crippen LogP contribution in [0, 0.1) is 34.9 Å². The highest BCUT2D eigenvalue weighted by Gasteiger charge is 2.48.